The van der Waals surface area contributed by atoms with Crippen molar-refractivity contribution in [3.05, 3.63) is 0 Å². The van der Waals surface area contributed by atoms with Gasteiger partial charge < -0.3 is 15.8 Å². The Morgan fingerprint density at radius 3 is 2.76 bits per heavy atom. The summed E-state index contributed by atoms with van der Waals surface area (Å²) >= 11 is 1.39. The van der Waals surface area contributed by atoms with E-state index in [2.05, 4.69) is 16.6 Å². The zero-order valence-electron chi connectivity index (χ0n) is 10.7. The monoisotopic (exact) mass is 255 g/mol. The van der Waals surface area contributed by atoms with Crippen LogP contribution in [0.4, 0.5) is 10.8 Å². The second kappa shape index (κ2) is 4.72. The Labute approximate surface area is 107 Å². The molecule has 1 heterocycles. The molecule has 0 radical (unpaired) electrons. The molecule has 2 rings (SSSR count). The van der Waals surface area contributed by atoms with Crippen LogP contribution in [0.15, 0.2) is 0 Å². The summed E-state index contributed by atoms with van der Waals surface area (Å²) in [6.45, 7) is 7.24. The molecule has 17 heavy (non-hydrogen) atoms. The molecule has 1 aromatic heterocycles. The fourth-order valence-electron chi connectivity index (χ4n) is 1.86. The molecule has 0 amide bonds. The van der Waals surface area contributed by atoms with E-state index >= 15 is 0 Å². The van der Waals surface area contributed by atoms with Gasteiger partial charge in [0, 0.05) is 6.54 Å². The SMILES string of the molecule is CCC1(CNc2snc(N)c2OC(C)C)CC1. The van der Waals surface area contributed by atoms with Gasteiger partial charge in [0.25, 0.3) is 0 Å². The number of nitrogens with zero attached hydrogens (tertiary/aromatic N) is 1. The third kappa shape index (κ3) is 2.83. The van der Waals surface area contributed by atoms with Gasteiger partial charge in [-0.2, -0.15) is 4.37 Å². The van der Waals surface area contributed by atoms with E-state index in [1.54, 1.807) is 0 Å². The van der Waals surface area contributed by atoms with Gasteiger partial charge in [0.1, 0.15) is 0 Å². The van der Waals surface area contributed by atoms with Crippen molar-refractivity contribution in [2.45, 2.75) is 46.1 Å². The first-order valence-electron chi connectivity index (χ1n) is 6.22. The molecule has 4 nitrogen and oxygen atoms in total. The lowest BCUT2D eigenvalue weighted by Crippen LogP contribution is -2.15. The van der Waals surface area contributed by atoms with Crippen LogP contribution in [0, 0.1) is 5.41 Å². The summed E-state index contributed by atoms with van der Waals surface area (Å²) in [7, 11) is 0. The number of nitrogen functional groups attached to an aromatic ring is 1. The Morgan fingerprint density at radius 1 is 1.53 bits per heavy atom. The van der Waals surface area contributed by atoms with E-state index in [4.69, 9.17) is 10.5 Å². The van der Waals surface area contributed by atoms with Gasteiger partial charge in [-0.15, -0.1) is 0 Å². The lowest BCUT2D eigenvalue weighted by atomic mass is 10.0. The van der Waals surface area contributed by atoms with Crippen molar-refractivity contribution in [3.8, 4) is 5.75 Å². The van der Waals surface area contributed by atoms with Crippen molar-refractivity contribution < 1.29 is 4.74 Å². The van der Waals surface area contributed by atoms with Crippen LogP contribution in [0.1, 0.15) is 40.0 Å². The summed E-state index contributed by atoms with van der Waals surface area (Å²) < 4.78 is 9.84. The molecular weight excluding hydrogens is 234 g/mol. The molecule has 96 valence electrons. The minimum absolute atomic E-state index is 0.121. The van der Waals surface area contributed by atoms with Gasteiger partial charge in [-0.1, -0.05) is 6.92 Å². The first-order valence-corrected chi connectivity index (χ1v) is 6.99. The number of anilines is 2. The van der Waals surface area contributed by atoms with Crippen molar-refractivity contribution in [2.24, 2.45) is 5.41 Å². The summed E-state index contributed by atoms with van der Waals surface area (Å²) in [5.41, 5.74) is 6.32. The molecule has 1 aliphatic carbocycles. The van der Waals surface area contributed by atoms with Crippen LogP contribution in [0.3, 0.4) is 0 Å². The third-order valence-corrected chi connectivity index (χ3v) is 4.16. The summed E-state index contributed by atoms with van der Waals surface area (Å²) in [6, 6.07) is 0. The van der Waals surface area contributed by atoms with Gasteiger partial charge in [-0.3, -0.25) is 0 Å². The Morgan fingerprint density at radius 2 is 2.24 bits per heavy atom. The fourth-order valence-corrected chi connectivity index (χ4v) is 2.50. The third-order valence-electron chi connectivity index (χ3n) is 3.36. The first kappa shape index (κ1) is 12.5. The molecular formula is C12H21N3OS. The van der Waals surface area contributed by atoms with Gasteiger partial charge in [0.05, 0.1) is 6.10 Å². The van der Waals surface area contributed by atoms with Crippen molar-refractivity contribution in [2.75, 3.05) is 17.6 Å². The van der Waals surface area contributed by atoms with Gasteiger partial charge in [0.15, 0.2) is 16.6 Å². The Hall–Kier alpha value is -0.970. The molecule has 1 saturated carbocycles. The highest BCUT2D eigenvalue weighted by molar-refractivity contribution is 7.11. The van der Waals surface area contributed by atoms with E-state index in [0.717, 1.165) is 17.3 Å². The Kier molecular flexibility index (Phi) is 3.47. The van der Waals surface area contributed by atoms with E-state index in [1.165, 1.54) is 30.8 Å². The molecule has 0 bridgehead atoms. The van der Waals surface area contributed by atoms with Crippen molar-refractivity contribution in [3.63, 3.8) is 0 Å². The number of nitrogens with two attached hydrogens (primary N) is 1. The van der Waals surface area contributed by atoms with Crippen LogP contribution in [-0.4, -0.2) is 17.0 Å². The predicted molar refractivity (Wildman–Crippen MR) is 72.7 cm³/mol. The number of hydrogen-bond donors (Lipinski definition) is 2. The van der Waals surface area contributed by atoms with Gasteiger partial charge in [0.2, 0.25) is 0 Å². The lowest BCUT2D eigenvalue weighted by molar-refractivity contribution is 0.245. The second-order valence-electron chi connectivity index (χ2n) is 5.10. The van der Waals surface area contributed by atoms with Gasteiger partial charge >= 0.3 is 0 Å². The number of hydrogen-bond acceptors (Lipinski definition) is 5. The minimum atomic E-state index is 0.121. The average Bonchev–Trinajstić information content (AvgIpc) is 3.00. The number of ether oxygens (including phenoxy) is 1. The molecule has 1 fully saturated rings. The topological polar surface area (TPSA) is 60.2 Å². The zero-order valence-corrected chi connectivity index (χ0v) is 11.6. The summed E-state index contributed by atoms with van der Waals surface area (Å²) in [5, 5.41) is 4.41. The van der Waals surface area contributed by atoms with Crippen LogP contribution >= 0.6 is 11.5 Å². The molecule has 0 aliphatic heterocycles. The highest BCUT2D eigenvalue weighted by Gasteiger charge is 2.40. The van der Waals surface area contributed by atoms with Crippen LogP contribution in [0.5, 0.6) is 5.75 Å². The highest BCUT2D eigenvalue weighted by atomic mass is 32.1. The molecule has 0 spiro atoms. The largest absolute Gasteiger partial charge is 0.484 e. The number of aromatic nitrogens is 1. The van der Waals surface area contributed by atoms with Crippen LogP contribution < -0.4 is 15.8 Å². The molecule has 5 heteroatoms. The predicted octanol–water partition coefficient (Wildman–Crippen LogP) is 3.11. The van der Waals surface area contributed by atoms with Crippen molar-refractivity contribution in [1.82, 2.24) is 4.37 Å². The van der Waals surface area contributed by atoms with Gasteiger partial charge in [-0.05, 0) is 50.1 Å². The quantitative estimate of drug-likeness (QED) is 0.820. The maximum atomic E-state index is 5.81. The number of nitrogens with one attached hydrogen (secondary N) is 1. The molecule has 0 aromatic carbocycles. The van der Waals surface area contributed by atoms with E-state index in [0.29, 0.717) is 11.2 Å². The number of rotatable bonds is 6. The van der Waals surface area contributed by atoms with E-state index < -0.39 is 0 Å². The van der Waals surface area contributed by atoms with Crippen molar-refractivity contribution >= 4 is 22.4 Å². The van der Waals surface area contributed by atoms with E-state index in [9.17, 15) is 0 Å². The summed E-state index contributed by atoms with van der Waals surface area (Å²) in [6.07, 6.45) is 4.00. The fraction of sp³-hybridized carbons (Fsp3) is 0.750. The smallest absolute Gasteiger partial charge is 0.197 e. The second-order valence-corrected chi connectivity index (χ2v) is 5.87. The molecule has 0 atom stereocenters. The van der Waals surface area contributed by atoms with Gasteiger partial charge in [-0.25, -0.2) is 0 Å². The van der Waals surface area contributed by atoms with Crippen LogP contribution in [-0.2, 0) is 0 Å². The first-order chi connectivity index (χ1) is 8.06. The highest BCUT2D eigenvalue weighted by Crippen LogP contribution is 2.49. The lowest BCUT2D eigenvalue weighted by Gasteiger charge is -2.15. The van der Waals surface area contributed by atoms with Crippen LogP contribution in [0.25, 0.3) is 0 Å². The zero-order chi connectivity index (χ0) is 12.5. The van der Waals surface area contributed by atoms with E-state index in [1.807, 2.05) is 13.8 Å². The minimum Gasteiger partial charge on any atom is -0.484 e. The average molecular weight is 255 g/mol. The molecule has 0 saturated heterocycles. The normalized spacial score (nSPS) is 17.2. The maximum absolute atomic E-state index is 5.81. The summed E-state index contributed by atoms with van der Waals surface area (Å²) in [4.78, 5) is 0. The van der Waals surface area contributed by atoms with Crippen LogP contribution in [0.2, 0.25) is 0 Å². The molecule has 1 aromatic rings. The molecule has 0 unspecified atom stereocenters. The molecule has 1 aliphatic rings. The Balaban J connectivity index is 2.00. The van der Waals surface area contributed by atoms with E-state index in [-0.39, 0.29) is 6.10 Å². The molecule has 3 N–H and O–H groups in total. The van der Waals surface area contributed by atoms with Crippen molar-refractivity contribution in [1.29, 1.82) is 0 Å². The summed E-state index contributed by atoms with van der Waals surface area (Å²) in [5.74, 6) is 1.21. The Bertz CT molecular complexity index is 385. The standard InChI is InChI=1S/C12H21N3OS/c1-4-12(5-6-12)7-14-11-9(16-8(2)3)10(13)15-17-11/h8,14H,4-7H2,1-3H3,(H2,13,15). The maximum Gasteiger partial charge on any atom is 0.197 e.